The van der Waals surface area contributed by atoms with Crippen molar-refractivity contribution in [3.05, 3.63) is 65.2 Å². The molecule has 0 aliphatic carbocycles. The molecule has 1 N–H and O–H groups in total. The number of methoxy groups -OCH3 is 1. The largest absolute Gasteiger partial charge is 0.480 e. The highest BCUT2D eigenvalue weighted by Gasteiger charge is 2.23. The number of hydrogen-bond donors (Lipinski definition) is 1. The summed E-state index contributed by atoms with van der Waals surface area (Å²) < 4.78 is 10.6. The summed E-state index contributed by atoms with van der Waals surface area (Å²) >= 11 is 6.32. The normalized spacial score (nSPS) is 13.9. The van der Waals surface area contributed by atoms with E-state index in [1.807, 2.05) is 24.3 Å². The van der Waals surface area contributed by atoms with Gasteiger partial charge < -0.3 is 24.3 Å². The molecule has 4 rings (SSSR count). The first-order chi connectivity index (χ1) is 14.7. The first-order valence-corrected chi connectivity index (χ1v) is 9.99. The molecule has 0 bridgehead atoms. The van der Waals surface area contributed by atoms with E-state index in [0.717, 1.165) is 36.9 Å². The maximum absolute atomic E-state index is 12.5. The van der Waals surface area contributed by atoms with Crippen LogP contribution in [0.3, 0.4) is 0 Å². The summed E-state index contributed by atoms with van der Waals surface area (Å²) in [4.78, 5) is 25.7. The Morgan fingerprint density at radius 2 is 1.93 bits per heavy atom. The number of benzene rings is 1. The van der Waals surface area contributed by atoms with E-state index in [1.54, 1.807) is 18.4 Å². The van der Waals surface area contributed by atoms with E-state index < -0.39 is 0 Å². The number of nitrogens with one attached hydrogen (secondary N) is 1. The molecule has 30 heavy (non-hydrogen) atoms. The molecule has 1 amide bonds. The second-order valence-corrected chi connectivity index (χ2v) is 7.19. The molecule has 3 heterocycles. The molecule has 1 aliphatic rings. The van der Waals surface area contributed by atoms with Crippen molar-refractivity contribution in [1.29, 1.82) is 0 Å². The number of para-hydroxylation sites is 1. The number of rotatable bonds is 6. The van der Waals surface area contributed by atoms with Crippen molar-refractivity contribution in [3.8, 4) is 5.88 Å². The Labute approximate surface area is 179 Å². The van der Waals surface area contributed by atoms with Crippen LogP contribution in [0.15, 0.2) is 53.3 Å². The van der Waals surface area contributed by atoms with Crippen LogP contribution in [0.5, 0.6) is 5.88 Å². The van der Waals surface area contributed by atoms with Crippen LogP contribution in [0.4, 0.5) is 11.6 Å². The maximum Gasteiger partial charge on any atom is 0.258 e. The highest BCUT2D eigenvalue weighted by molar-refractivity contribution is 6.33. The molecule has 156 valence electrons. The van der Waals surface area contributed by atoms with Crippen LogP contribution in [0, 0.1) is 0 Å². The van der Waals surface area contributed by atoms with E-state index in [9.17, 15) is 4.79 Å². The van der Waals surface area contributed by atoms with Crippen molar-refractivity contribution in [2.75, 3.05) is 43.1 Å². The summed E-state index contributed by atoms with van der Waals surface area (Å²) in [7, 11) is 1.49. The third kappa shape index (κ3) is 4.33. The minimum atomic E-state index is -0.321. The highest BCUT2D eigenvalue weighted by Crippen LogP contribution is 2.27. The summed E-state index contributed by atoms with van der Waals surface area (Å²) in [6.07, 6.45) is 3.06. The summed E-state index contributed by atoms with van der Waals surface area (Å²) in [5.41, 5.74) is 1.31. The lowest BCUT2D eigenvalue weighted by molar-refractivity contribution is 0.0944. The zero-order valence-corrected chi connectivity index (χ0v) is 17.3. The molecular weight excluding hydrogens is 406 g/mol. The van der Waals surface area contributed by atoms with Gasteiger partial charge in [-0.1, -0.05) is 23.7 Å². The number of nitrogens with zero attached hydrogens (tertiary/aromatic N) is 4. The topological polar surface area (TPSA) is 83.7 Å². The Hall–Kier alpha value is -3.26. The molecule has 1 saturated heterocycles. The van der Waals surface area contributed by atoms with E-state index in [2.05, 4.69) is 25.1 Å². The lowest BCUT2D eigenvalue weighted by Gasteiger charge is -2.36. The van der Waals surface area contributed by atoms with Gasteiger partial charge >= 0.3 is 0 Å². The minimum absolute atomic E-state index is 0.241. The number of amides is 1. The van der Waals surface area contributed by atoms with Crippen LogP contribution in [0.1, 0.15) is 16.1 Å². The second kappa shape index (κ2) is 9.04. The van der Waals surface area contributed by atoms with Gasteiger partial charge in [0.05, 0.1) is 30.6 Å². The van der Waals surface area contributed by atoms with Crippen LogP contribution in [-0.2, 0) is 6.54 Å². The van der Waals surface area contributed by atoms with Crippen molar-refractivity contribution in [2.24, 2.45) is 0 Å². The molecule has 0 radical (unpaired) electrons. The summed E-state index contributed by atoms with van der Waals surface area (Å²) in [6, 6.07) is 11.4. The molecule has 3 aromatic rings. The summed E-state index contributed by atoms with van der Waals surface area (Å²) in [5, 5.41) is 3.52. The molecule has 1 aromatic carbocycles. The fourth-order valence-electron chi connectivity index (χ4n) is 3.35. The number of piperazine rings is 1. The molecule has 0 spiro atoms. The average molecular weight is 428 g/mol. The van der Waals surface area contributed by atoms with Gasteiger partial charge in [-0.2, -0.15) is 4.98 Å². The Balaban J connectivity index is 1.41. The molecule has 1 fully saturated rings. The molecule has 0 atom stereocenters. The van der Waals surface area contributed by atoms with Crippen molar-refractivity contribution in [1.82, 2.24) is 15.3 Å². The number of anilines is 2. The van der Waals surface area contributed by atoms with Crippen molar-refractivity contribution >= 4 is 29.1 Å². The van der Waals surface area contributed by atoms with E-state index in [0.29, 0.717) is 11.7 Å². The average Bonchev–Trinajstić information content (AvgIpc) is 3.31. The van der Waals surface area contributed by atoms with Gasteiger partial charge in [0.1, 0.15) is 11.3 Å². The van der Waals surface area contributed by atoms with Gasteiger partial charge in [0.25, 0.3) is 5.91 Å². The number of carbonyl (C=O) groups is 1. The van der Waals surface area contributed by atoms with Crippen molar-refractivity contribution in [3.63, 3.8) is 0 Å². The molecule has 0 unspecified atom stereocenters. The zero-order chi connectivity index (χ0) is 20.9. The standard InChI is InChI=1S/C21H22ClN5O3/c1-29-20-16(19(28)23-13-15-5-4-12-30-15)14-24-21(25-20)27-10-8-26(9-11-27)18-7-3-2-6-17(18)22/h2-7,12,14H,8-11,13H2,1H3,(H,23,28). The predicted octanol–water partition coefficient (Wildman–Crippen LogP) is 2.99. The van der Waals surface area contributed by atoms with Gasteiger partial charge in [-0.15, -0.1) is 0 Å². The number of carbonyl (C=O) groups excluding carboxylic acids is 1. The molecular formula is C21H22ClN5O3. The van der Waals surface area contributed by atoms with Gasteiger partial charge in [0.15, 0.2) is 0 Å². The van der Waals surface area contributed by atoms with Gasteiger partial charge in [-0.05, 0) is 24.3 Å². The van der Waals surface area contributed by atoms with Crippen molar-refractivity contribution < 1.29 is 13.9 Å². The lowest BCUT2D eigenvalue weighted by Crippen LogP contribution is -2.47. The Bertz CT molecular complexity index is 1000. The van der Waals surface area contributed by atoms with Crippen LogP contribution in [0.25, 0.3) is 0 Å². The fourth-order valence-corrected chi connectivity index (χ4v) is 3.61. The molecule has 1 aliphatic heterocycles. The van der Waals surface area contributed by atoms with Gasteiger partial charge in [-0.3, -0.25) is 4.79 Å². The molecule has 2 aromatic heterocycles. The third-order valence-electron chi connectivity index (χ3n) is 4.94. The monoisotopic (exact) mass is 427 g/mol. The first kappa shape index (κ1) is 20.0. The number of halogens is 1. The van der Waals surface area contributed by atoms with Gasteiger partial charge in [0.2, 0.25) is 11.8 Å². The van der Waals surface area contributed by atoms with E-state index in [4.69, 9.17) is 20.8 Å². The van der Waals surface area contributed by atoms with E-state index in [1.165, 1.54) is 13.3 Å². The lowest BCUT2D eigenvalue weighted by atomic mass is 10.2. The second-order valence-electron chi connectivity index (χ2n) is 6.78. The first-order valence-electron chi connectivity index (χ1n) is 9.61. The van der Waals surface area contributed by atoms with E-state index in [-0.39, 0.29) is 23.9 Å². The molecule has 0 saturated carbocycles. The number of aromatic nitrogens is 2. The summed E-state index contributed by atoms with van der Waals surface area (Å²) in [5.74, 6) is 1.12. The van der Waals surface area contributed by atoms with Gasteiger partial charge in [0, 0.05) is 32.4 Å². The Kier molecular flexibility index (Phi) is 6.04. The minimum Gasteiger partial charge on any atom is -0.480 e. The SMILES string of the molecule is COc1nc(N2CCN(c3ccccc3Cl)CC2)ncc1C(=O)NCc1ccco1. The number of hydrogen-bond acceptors (Lipinski definition) is 7. The predicted molar refractivity (Wildman–Crippen MR) is 114 cm³/mol. The van der Waals surface area contributed by atoms with Crippen LogP contribution in [-0.4, -0.2) is 49.2 Å². The van der Waals surface area contributed by atoms with Crippen molar-refractivity contribution in [2.45, 2.75) is 6.54 Å². The fraction of sp³-hybridized carbons (Fsp3) is 0.286. The third-order valence-corrected chi connectivity index (χ3v) is 5.26. The quantitative estimate of drug-likeness (QED) is 0.647. The number of furan rings is 1. The smallest absolute Gasteiger partial charge is 0.258 e. The highest BCUT2D eigenvalue weighted by atomic mass is 35.5. The maximum atomic E-state index is 12.5. The van der Waals surface area contributed by atoms with E-state index >= 15 is 0 Å². The zero-order valence-electron chi connectivity index (χ0n) is 16.5. The molecule has 9 heteroatoms. The van der Waals surface area contributed by atoms with Gasteiger partial charge in [-0.25, -0.2) is 4.98 Å². The van der Waals surface area contributed by atoms with Crippen LogP contribution >= 0.6 is 11.6 Å². The number of ether oxygens (including phenoxy) is 1. The Morgan fingerprint density at radius 1 is 1.17 bits per heavy atom. The Morgan fingerprint density at radius 3 is 2.63 bits per heavy atom. The van der Waals surface area contributed by atoms with Crippen LogP contribution in [0.2, 0.25) is 5.02 Å². The van der Waals surface area contributed by atoms with Crippen LogP contribution < -0.4 is 19.9 Å². The summed E-state index contributed by atoms with van der Waals surface area (Å²) in [6.45, 7) is 3.33. The molecule has 8 nitrogen and oxygen atoms in total.